The van der Waals surface area contributed by atoms with Crippen LogP contribution >= 0.6 is 15.9 Å². The van der Waals surface area contributed by atoms with Gasteiger partial charge in [-0.2, -0.15) is 13.2 Å². The lowest BCUT2D eigenvalue weighted by molar-refractivity contribution is -0.139. The molecule has 20 heavy (non-hydrogen) atoms. The number of pyridine rings is 1. The molecule has 0 aliphatic carbocycles. The highest BCUT2D eigenvalue weighted by atomic mass is 79.9. The van der Waals surface area contributed by atoms with Gasteiger partial charge in [-0.1, -0.05) is 22.0 Å². The molecular formula is C13H8BrF4NO. The zero-order chi connectivity index (χ0) is 14.9. The summed E-state index contributed by atoms with van der Waals surface area (Å²) in [6.07, 6.45) is -4.57. The van der Waals surface area contributed by atoms with Gasteiger partial charge in [-0.05, 0) is 18.2 Å². The van der Waals surface area contributed by atoms with Crippen LogP contribution in [0.2, 0.25) is 0 Å². The van der Waals surface area contributed by atoms with Crippen molar-refractivity contribution >= 4 is 15.9 Å². The Bertz CT molecular complexity index is 610. The molecule has 0 amide bonds. The fourth-order valence-electron chi connectivity index (χ4n) is 1.81. The molecule has 1 unspecified atom stereocenters. The van der Waals surface area contributed by atoms with Gasteiger partial charge in [-0.15, -0.1) is 0 Å². The van der Waals surface area contributed by atoms with Crippen LogP contribution in [0.1, 0.15) is 22.8 Å². The van der Waals surface area contributed by atoms with Gasteiger partial charge < -0.3 is 5.11 Å². The van der Waals surface area contributed by atoms with Crippen molar-refractivity contribution in [1.82, 2.24) is 4.98 Å². The zero-order valence-corrected chi connectivity index (χ0v) is 11.4. The Labute approximate surface area is 120 Å². The summed E-state index contributed by atoms with van der Waals surface area (Å²) in [5.74, 6) is -0.802. The summed E-state index contributed by atoms with van der Waals surface area (Å²) in [7, 11) is 0. The van der Waals surface area contributed by atoms with Crippen LogP contribution < -0.4 is 0 Å². The lowest BCUT2D eigenvalue weighted by Gasteiger charge is -2.18. The Morgan fingerprint density at radius 1 is 1.20 bits per heavy atom. The molecule has 7 heteroatoms. The van der Waals surface area contributed by atoms with E-state index in [0.29, 0.717) is 0 Å². The zero-order valence-electron chi connectivity index (χ0n) is 9.83. The number of hydrogen-bond acceptors (Lipinski definition) is 2. The van der Waals surface area contributed by atoms with Crippen LogP contribution in [0.25, 0.3) is 0 Å². The molecule has 1 aromatic heterocycles. The smallest absolute Gasteiger partial charge is 0.383 e. The van der Waals surface area contributed by atoms with Crippen LogP contribution in [0.3, 0.4) is 0 Å². The van der Waals surface area contributed by atoms with Gasteiger partial charge in [0.1, 0.15) is 11.9 Å². The third-order valence-electron chi connectivity index (χ3n) is 2.73. The average molecular weight is 350 g/mol. The Kier molecular flexibility index (Phi) is 4.10. The van der Waals surface area contributed by atoms with E-state index in [4.69, 9.17) is 0 Å². The number of rotatable bonds is 2. The van der Waals surface area contributed by atoms with Crippen LogP contribution in [-0.4, -0.2) is 10.1 Å². The Morgan fingerprint density at radius 2 is 1.90 bits per heavy atom. The molecule has 0 aliphatic rings. The number of aliphatic hydroxyl groups is 1. The number of benzene rings is 1. The summed E-state index contributed by atoms with van der Waals surface area (Å²) in [6, 6.07) is 4.62. The first-order valence-electron chi connectivity index (χ1n) is 5.45. The Hall–Kier alpha value is -1.47. The summed E-state index contributed by atoms with van der Waals surface area (Å²) in [5.41, 5.74) is -1.80. The van der Waals surface area contributed by atoms with Crippen molar-refractivity contribution in [1.29, 1.82) is 0 Å². The number of alkyl halides is 3. The average Bonchev–Trinajstić information content (AvgIpc) is 2.37. The van der Waals surface area contributed by atoms with E-state index in [0.717, 1.165) is 24.5 Å². The summed E-state index contributed by atoms with van der Waals surface area (Å²) in [6.45, 7) is 0. The highest BCUT2D eigenvalue weighted by molar-refractivity contribution is 9.10. The SMILES string of the molecule is OC(c1cnccc1C(F)(F)F)c1c(F)cccc1Br. The summed E-state index contributed by atoms with van der Waals surface area (Å²) in [4.78, 5) is 3.57. The maximum atomic E-state index is 13.7. The number of aromatic nitrogens is 1. The molecule has 106 valence electrons. The number of hydrogen-bond donors (Lipinski definition) is 1. The van der Waals surface area contributed by atoms with E-state index in [1.165, 1.54) is 12.1 Å². The minimum atomic E-state index is -4.66. The second-order valence-electron chi connectivity index (χ2n) is 4.00. The molecule has 0 bridgehead atoms. The van der Waals surface area contributed by atoms with Crippen LogP contribution in [-0.2, 0) is 6.18 Å². The van der Waals surface area contributed by atoms with Gasteiger partial charge in [0.05, 0.1) is 5.56 Å². The molecule has 1 atom stereocenters. The van der Waals surface area contributed by atoms with E-state index < -0.39 is 29.2 Å². The summed E-state index contributed by atoms with van der Waals surface area (Å²) in [5, 5.41) is 10.1. The molecular weight excluding hydrogens is 342 g/mol. The molecule has 0 spiro atoms. The second kappa shape index (κ2) is 5.49. The first-order valence-corrected chi connectivity index (χ1v) is 6.24. The molecule has 0 saturated heterocycles. The lowest BCUT2D eigenvalue weighted by Crippen LogP contribution is -2.14. The minimum Gasteiger partial charge on any atom is -0.383 e. The van der Waals surface area contributed by atoms with Gasteiger partial charge in [0.25, 0.3) is 0 Å². The maximum absolute atomic E-state index is 13.7. The minimum absolute atomic E-state index is 0.182. The molecule has 0 radical (unpaired) electrons. The van der Waals surface area contributed by atoms with Gasteiger partial charge in [0, 0.05) is 28.0 Å². The summed E-state index contributed by atoms with van der Waals surface area (Å²) >= 11 is 3.02. The fraction of sp³-hybridized carbons (Fsp3) is 0.154. The maximum Gasteiger partial charge on any atom is 0.416 e. The fourth-order valence-corrected chi connectivity index (χ4v) is 2.37. The van der Waals surface area contributed by atoms with Crippen molar-refractivity contribution in [2.75, 3.05) is 0 Å². The highest BCUT2D eigenvalue weighted by Gasteiger charge is 2.36. The van der Waals surface area contributed by atoms with Gasteiger partial charge in [-0.25, -0.2) is 4.39 Å². The molecule has 0 fully saturated rings. The van der Waals surface area contributed by atoms with E-state index in [9.17, 15) is 22.7 Å². The van der Waals surface area contributed by atoms with Crippen molar-refractivity contribution < 1.29 is 22.7 Å². The Morgan fingerprint density at radius 3 is 2.50 bits per heavy atom. The summed E-state index contributed by atoms with van der Waals surface area (Å²) < 4.78 is 52.5. The first-order chi connectivity index (χ1) is 9.32. The van der Waals surface area contributed by atoms with Crippen LogP contribution in [0, 0.1) is 5.82 Å². The molecule has 2 nitrogen and oxygen atoms in total. The predicted octanol–water partition coefficient (Wildman–Crippen LogP) is 4.08. The molecule has 0 saturated carbocycles. The largest absolute Gasteiger partial charge is 0.416 e. The monoisotopic (exact) mass is 349 g/mol. The van der Waals surface area contributed by atoms with Crippen LogP contribution in [0.5, 0.6) is 0 Å². The van der Waals surface area contributed by atoms with Crippen molar-refractivity contribution in [3.05, 3.63) is 63.6 Å². The molecule has 2 rings (SSSR count). The highest BCUT2D eigenvalue weighted by Crippen LogP contribution is 2.38. The molecule has 2 aromatic rings. The molecule has 0 aliphatic heterocycles. The molecule has 1 heterocycles. The topological polar surface area (TPSA) is 33.1 Å². The second-order valence-corrected chi connectivity index (χ2v) is 4.85. The van der Waals surface area contributed by atoms with E-state index in [1.807, 2.05) is 0 Å². The molecule has 1 aromatic carbocycles. The van der Waals surface area contributed by atoms with Crippen molar-refractivity contribution in [3.63, 3.8) is 0 Å². The standard InChI is InChI=1S/C13H8BrF4NO/c14-9-2-1-3-10(15)11(9)12(20)7-6-19-5-4-8(7)13(16,17)18/h1-6,12,20H. The van der Waals surface area contributed by atoms with Crippen molar-refractivity contribution in [2.24, 2.45) is 0 Å². The van der Waals surface area contributed by atoms with Gasteiger partial charge in [-0.3, -0.25) is 4.98 Å². The molecule has 1 N–H and O–H groups in total. The Balaban J connectivity index is 2.58. The lowest BCUT2D eigenvalue weighted by atomic mass is 9.98. The van der Waals surface area contributed by atoms with Crippen LogP contribution in [0.15, 0.2) is 41.1 Å². The van der Waals surface area contributed by atoms with Crippen molar-refractivity contribution in [3.8, 4) is 0 Å². The third-order valence-corrected chi connectivity index (χ3v) is 3.42. The predicted molar refractivity (Wildman–Crippen MR) is 67.4 cm³/mol. The van der Waals surface area contributed by atoms with Gasteiger partial charge in [0.15, 0.2) is 0 Å². The van der Waals surface area contributed by atoms with E-state index in [-0.39, 0.29) is 10.0 Å². The number of aliphatic hydroxyl groups excluding tert-OH is 1. The number of halogens is 5. The van der Waals surface area contributed by atoms with E-state index in [1.54, 1.807) is 0 Å². The number of nitrogens with zero attached hydrogens (tertiary/aromatic N) is 1. The first kappa shape index (κ1) is 14.9. The van der Waals surface area contributed by atoms with Gasteiger partial charge in [0.2, 0.25) is 0 Å². The van der Waals surface area contributed by atoms with Crippen LogP contribution in [0.4, 0.5) is 17.6 Å². The van der Waals surface area contributed by atoms with Crippen molar-refractivity contribution in [2.45, 2.75) is 12.3 Å². The van der Waals surface area contributed by atoms with Gasteiger partial charge >= 0.3 is 6.18 Å². The third kappa shape index (κ3) is 2.83. The quantitative estimate of drug-likeness (QED) is 0.828. The van der Waals surface area contributed by atoms with E-state index in [2.05, 4.69) is 20.9 Å². The van der Waals surface area contributed by atoms with E-state index >= 15 is 0 Å². The normalized spacial score (nSPS) is 13.3.